The van der Waals surface area contributed by atoms with Crippen molar-refractivity contribution in [3.05, 3.63) is 35.4 Å². The van der Waals surface area contributed by atoms with Gasteiger partial charge in [0.2, 0.25) is 0 Å². The van der Waals surface area contributed by atoms with Gasteiger partial charge < -0.3 is 14.8 Å². The second kappa shape index (κ2) is 8.31. The normalized spacial score (nSPS) is 15.0. The van der Waals surface area contributed by atoms with Gasteiger partial charge >= 0.3 is 6.09 Å². The van der Waals surface area contributed by atoms with Crippen molar-refractivity contribution in [3.63, 3.8) is 0 Å². The summed E-state index contributed by atoms with van der Waals surface area (Å²) in [6, 6.07) is 6.83. The molecule has 1 atom stereocenters. The fourth-order valence-corrected chi connectivity index (χ4v) is 2.59. The highest BCUT2D eigenvalue weighted by atomic mass is 16.6. The van der Waals surface area contributed by atoms with Crippen LogP contribution in [-0.4, -0.2) is 54.7 Å². The van der Waals surface area contributed by atoms with Gasteiger partial charge in [0, 0.05) is 13.1 Å². The van der Waals surface area contributed by atoms with Gasteiger partial charge in [-0.15, -0.1) is 0 Å². The molecule has 1 aromatic rings. The molecule has 2 rings (SSSR count). The zero-order valence-electron chi connectivity index (χ0n) is 15.7. The average Bonchev–Trinajstić information content (AvgIpc) is 2.78. The average molecular weight is 362 g/mol. The molecule has 0 saturated heterocycles. The lowest BCUT2D eigenvalue weighted by Crippen LogP contribution is -2.36. The van der Waals surface area contributed by atoms with Crippen LogP contribution in [0.15, 0.2) is 24.3 Å². The number of alkyl carbamates (subject to hydrolysis) is 1. The highest BCUT2D eigenvalue weighted by Gasteiger charge is 2.35. The van der Waals surface area contributed by atoms with Crippen LogP contribution in [0.25, 0.3) is 0 Å². The SMILES string of the molecule is C[C@@H](COCCNC(=O)OC(C)(C)C)CN1C(=O)c2ccccc2C1=O. The molecule has 7 nitrogen and oxygen atoms in total. The second-order valence-corrected chi connectivity index (χ2v) is 7.38. The van der Waals surface area contributed by atoms with Gasteiger partial charge in [-0.05, 0) is 38.8 Å². The lowest BCUT2D eigenvalue weighted by atomic mass is 10.1. The summed E-state index contributed by atoms with van der Waals surface area (Å²) in [5, 5.41) is 2.61. The van der Waals surface area contributed by atoms with Crippen LogP contribution in [0.5, 0.6) is 0 Å². The fraction of sp³-hybridized carbons (Fsp3) is 0.526. The Morgan fingerprint density at radius 3 is 2.27 bits per heavy atom. The molecule has 1 aliphatic rings. The van der Waals surface area contributed by atoms with Crippen LogP contribution in [0, 0.1) is 5.92 Å². The summed E-state index contributed by atoms with van der Waals surface area (Å²) in [5.41, 5.74) is 0.366. The van der Waals surface area contributed by atoms with Gasteiger partial charge in [0.15, 0.2) is 0 Å². The summed E-state index contributed by atoms with van der Waals surface area (Å²) >= 11 is 0. The first-order chi connectivity index (χ1) is 12.2. The molecule has 26 heavy (non-hydrogen) atoms. The van der Waals surface area contributed by atoms with Crippen molar-refractivity contribution >= 4 is 17.9 Å². The van der Waals surface area contributed by atoms with Crippen molar-refractivity contribution in [2.45, 2.75) is 33.3 Å². The maximum atomic E-state index is 12.3. The molecule has 1 heterocycles. The molecule has 1 aromatic carbocycles. The fourth-order valence-electron chi connectivity index (χ4n) is 2.59. The molecular formula is C19H26N2O5. The molecule has 0 aliphatic carbocycles. The van der Waals surface area contributed by atoms with Crippen LogP contribution in [0.1, 0.15) is 48.4 Å². The Bertz CT molecular complexity index is 646. The van der Waals surface area contributed by atoms with Gasteiger partial charge in [0.25, 0.3) is 11.8 Å². The van der Waals surface area contributed by atoms with Gasteiger partial charge in [-0.25, -0.2) is 4.79 Å². The summed E-state index contributed by atoms with van der Waals surface area (Å²) in [4.78, 5) is 37.4. The number of carbonyl (C=O) groups excluding carboxylic acids is 3. The predicted molar refractivity (Wildman–Crippen MR) is 96.0 cm³/mol. The van der Waals surface area contributed by atoms with E-state index in [-0.39, 0.29) is 17.7 Å². The molecule has 142 valence electrons. The molecule has 3 amide bonds. The van der Waals surface area contributed by atoms with Crippen LogP contribution in [0.3, 0.4) is 0 Å². The number of nitrogens with one attached hydrogen (secondary N) is 1. The number of hydrogen-bond donors (Lipinski definition) is 1. The third-order valence-electron chi connectivity index (χ3n) is 3.69. The zero-order valence-corrected chi connectivity index (χ0v) is 15.7. The van der Waals surface area contributed by atoms with Gasteiger partial charge in [0.1, 0.15) is 5.60 Å². The Labute approximate surface area is 153 Å². The Balaban J connectivity index is 1.69. The number of fused-ring (bicyclic) bond motifs is 1. The Hall–Kier alpha value is -2.41. The summed E-state index contributed by atoms with van der Waals surface area (Å²) in [6.07, 6.45) is -0.486. The third kappa shape index (κ3) is 5.29. The lowest BCUT2D eigenvalue weighted by Gasteiger charge is -2.20. The number of carbonyl (C=O) groups is 3. The van der Waals surface area contributed by atoms with Crippen LogP contribution in [0.2, 0.25) is 0 Å². The van der Waals surface area contributed by atoms with Crippen molar-refractivity contribution in [1.82, 2.24) is 10.2 Å². The van der Waals surface area contributed by atoms with Crippen molar-refractivity contribution in [2.24, 2.45) is 5.92 Å². The molecule has 1 aliphatic heterocycles. The van der Waals surface area contributed by atoms with E-state index in [0.717, 1.165) is 0 Å². The van der Waals surface area contributed by atoms with Gasteiger partial charge in [-0.3, -0.25) is 14.5 Å². The monoisotopic (exact) mass is 362 g/mol. The Morgan fingerprint density at radius 1 is 1.15 bits per heavy atom. The van der Waals surface area contributed by atoms with Gasteiger partial charge in [0.05, 0.1) is 24.3 Å². The minimum Gasteiger partial charge on any atom is -0.444 e. The topological polar surface area (TPSA) is 84.9 Å². The standard InChI is InChI=1S/C19H26N2O5/c1-13(12-25-10-9-20-18(24)26-19(2,3)4)11-21-16(22)14-7-5-6-8-15(14)17(21)23/h5-8,13H,9-12H2,1-4H3,(H,20,24)/t13-/m1/s1. The number of rotatable bonds is 7. The quantitative estimate of drug-likeness (QED) is 0.595. The second-order valence-electron chi connectivity index (χ2n) is 7.38. The maximum Gasteiger partial charge on any atom is 0.407 e. The van der Waals surface area contributed by atoms with Crippen LogP contribution in [-0.2, 0) is 9.47 Å². The van der Waals surface area contributed by atoms with Crippen LogP contribution >= 0.6 is 0 Å². The first-order valence-corrected chi connectivity index (χ1v) is 8.69. The van der Waals surface area contributed by atoms with Crippen molar-refractivity contribution in [2.75, 3.05) is 26.3 Å². The molecule has 0 fully saturated rings. The number of amides is 3. The highest BCUT2D eigenvalue weighted by molar-refractivity contribution is 6.21. The van der Waals surface area contributed by atoms with Crippen molar-refractivity contribution in [3.8, 4) is 0 Å². The largest absolute Gasteiger partial charge is 0.444 e. The minimum atomic E-state index is -0.536. The predicted octanol–water partition coefficient (Wildman–Crippen LogP) is 2.46. The summed E-state index contributed by atoms with van der Waals surface area (Å²) in [5.74, 6) is -0.535. The molecule has 1 N–H and O–H groups in total. The number of nitrogens with zero attached hydrogens (tertiary/aromatic N) is 1. The first-order valence-electron chi connectivity index (χ1n) is 8.69. The number of benzene rings is 1. The van der Waals surface area contributed by atoms with Gasteiger partial charge in [-0.2, -0.15) is 0 Å². The molecular weight excluding hydrogens is 336 g/mol. The van der Waals surface area contributed by atoms with Crippen LogP contribution in [0.4, 0.5) is 4.79 Å². The van der Waals surface area contributed by atoms with E-state index in [1.165, 1.54) is 4.90 Å². The molecule has 7 heteroatoms. The summed E-state index contributed by atoms with van der Waals surface area (Å²) in [7, 11) is 0. The van der Waals surface area contributed by atoms with E-state index in [2.05, 4.69) is 5.32 Å². The lowest BCUT2D eigenvalue weighted by molar-refractivity contribution is 0.0458. The number of imide groups is 1. The van der Waals surface area contributed by atoms with E-state index in [4.69, 9.17) is 9.47 Å². The van der Waals surface area contributed by atoms with E-state index in [1.807, 2.05) is 6.92 Å². The van der Waals surface area contributed by atoms with E-state index in [1.54, 1.807) is 45.0 Å². The van der Waals surface area contributed by atoms with E-state index < -0.39 is 11.7 Å². The number of ether oxygens (including phenoxy) is 2. The molecule has 0 radical (unpaired) electrons. The third-order valence-corrected chi connectivity index (χ3v) is 3.69. The first kappa shape index (κ1) is 19.9. The maximum absolute atomic E-state index is 12.3. The molecule has 0 unspecified atom stereocenters. The molecule has 0 bridgehead atoms. The summed E-state index contributed by atoms with van der Waals surface area (Å²) < 4.78 is 10.6. The molecule has 0 saturated carbocycles. The van der Waals surface area contributed by atoms with E-state index >= 15 is 0 Å². The van der Waals surface area contributed by atoms with Crippen molar-refractivity contribution in [1.29, 1.82) is 0 Å². The van der Waals surface area contributed by atoms with E-state index in [0.29, 0.717) is 37.4 Å². The Morgan fingerprint density at radius 2 is 1.73 bits per heavy atom. The number of hydrogen-bond acceptors (Lipinski definition) is 5. The molecule has 0 aromatic heterocycles. The van der Waals surface area contributed by atoms with Crippen molar-refractivity contribution < 1.29 is 23.9 Å². The molecule has 0 spiro atoms. The summed E-state index contributed by atoms with van der Waals surface area (Å²) in [6.45, 7) is 8.62. The smallest absolute Gasteiger partial charge is 0.407 e. The minimum absolute atomic E-state index is 0.0151. The van der Waals surface area contributed by atoms with Gasteiger partial charge in [-0.1, -0.05) is 19.1 Å². The van der Waals surface area contributed by atoms with E-state index in [9.17, 15) is 14.4 Å². The van der Waals surface area contributed by atoms with Crippen LogP contribution < -0.4 is 5.32 Å². The zero-order chi connectivity index (χ0) is 19.3. The highest BCUT2D eigenvalue weighted by Crippen LogP contribution is 2.23. The Kier molecular flexibility index (Phi) is 6.37.